The summed E-state index contributed by atoms with van der Waals surface area (Å²) < 4.78 is 0.816. The number of carbonyl (C=O) groups is 1. The summed E-state index contributed by atoms with van der Waals surface area (Å²) in [6.07, 6.45) is 1.73. The molecule has 3 aromatic rings. The zero-order chi connectivity index (χ0) is 14.8. The number of hydrogen-bond donors (Lipinski definition) is 1. The molecule has 0 aliphatic rings. The van der Waals surface area contributed by atoms with E-state index in [0.717, 1.165) is 20.2 Å². The van der Waals surface area contributed by atoms with E-state index in [1.54, 1.807) is 24.4 Å². The molecule has 0 aliphatic heterocycles. The maximum absolute atomic E-state index is 12.4. The second kappa shape index (κ2) is 5.99. The van der Waals surface area contributed by atoms with Crippen LogP contribution < -0.4 is 5.32 Å². The average molecular weight is 409 g/mol. The Bertz CT molecular complexity index is 830. The van der Waals surface area contributed by atoms with E-state index in [0.29, 0.717) is 10.6 Å². The summed E-state index contributed by atoms with van der Waals surface area (Å²) in [5.74, 6) is -0.160. The Hall–Kier alpha value is -1.66. The number of halogens is 2. The van der Waals surface area contributed by atoms with Gasteiger partial charge in [-0.15, -0.1) is 0 Å². The van der Waals surface area contributed by atoms with Gasteiger partial charge < -0.3 is 5.32 Å². The van der Waals surface area contributed by atoms with E-state index in [1.807, 2.05) is 30.3 Å². The van der Waals surface area contributed by atoms with Crippen LogP contribution in [0.5, 0.6) is 0 Å². The maximum atomic E-state index is 12.4. The van der Waals surface area contributed by atoms with Crippen molar-refractivity contribution in [1.82, 2.24) is 4.98 Å². The maximum Gasteiger partial charge on any atom is 0.256 e. The van der Waals surface area contributed by atoms with Gasteiger partial charge in [-0.3, -0.25) is 9.78 Å². The lowest BCUT2D eigenvalue weighted by molar-refractivity contribution is 0.102. The molecule has 0 saturated carbocycles. The Morgan fingerprint density at radius 3 is 2.81 bits per heavy atom. The third-order valence-corrected chi connectivity index (χ3v) is 4.20. The molecule has 0 unspecified atom stereocenters. The number of amides is 1. The zero-order valence-electron chi connectivity index (χ0n) is 10.8. The number of fused-ring (bicyclic) bond motifs is 1. The number of pyridine rings is 1. The molecule has 0 spiro atoms. The number of nitrogens with one attached hydrogen (secondary N) is 1. The SMILES string of the molecule is O=C(Nc1cccc2ncccc12)c1ccc(Cl)cc1I. The zero-order valence-corrected chi connectivity index (χ0v) is 13.7. The smallest absolute Gasteiger partial charge is 0.256 e. The topological polar surface area (TPSA) is 42.0 Å². The van der Waals surface area contributed by atoms with Crippen molar-refractivity contribution in [3.05, 3.63) is 68.9 Å². The fourth-order valence-corrected chi connectivity index (χ4v) is 3.19. The highest BCUT2D eigenvalue weighted by Gasteiger charge is 2.12. The molecule has 0 bridgehead atoms. The fourth-order valence-electron chi connectivity index (χ4n) is 2.08. The van der Waals surface area contributed by atoms with Crippen molar-refractivity contribution in [3.8, 4) is 0 Å². The Morgan fingerprint density at radius 1 is 1.14 bits per heavy atom. The monoisotopic (exact) mass is 408 g/mol. The molecule has 1 heterocycles. The molecule has 3 rings (SSSR count). The fraction of sp³-hybridized carbons (Fsp3) is 0. The molecular weight excluding hydrogens is 399 g/mol. The predicted octanol–water partition coefficient (Wildman–Crippen LogP) is 4.75. The van der Waals surface area contributed by atoms with Crippen LogP contribution in [-0.2, 0) is 0 Å². The third-order valence-electron chi connectivity index (χ3n) is 3.07. The Balaban J connectivity index is 1.97. The molecule has 104 valence electrons. The van der Waals surface area contributed by atoms with Gasteiger partial charge in [0.25, 0.3) is 5.91 Å². The first kappa shape index (κ1) is 14.3. The number of aromatic nitrogens is 1. The number of hydrogen-bond acceptors (Lipinski definition) is 2. The van der Waals surface area contributed by atoms with Gasteiger partial charge in [-0.1, -0.05) is 17.7 Å². The molecule has 0 saturated heterocycles. The highest BCUT2D eigenvalue weighted by molar-refractivity contribution is 14.1. The molecule has 0 fully saturated rings. The van der Waals surface area contributed by atoms with E-state index >= 15 is 0 Å². The molecule has 0 radical (unpaired) electrons. The van der Waals surface area contributed by atoms with Crippen LogP contribution in [0.3, 0.4) is 0 Å². The molecule has 1 amide bonds. The van der Waals surface area contributed by atoms with Crippen molar-refractivity contribution in [2.45, 2.75) is 0 Å². The lowest BCUT2D eigenvalue weighted by Crippen LogP contribution is -2.13. The van der Waals surface area contributed by atoms with Gasteiger partial charge in [-0.25, -0.2) is 0 Å². The number of carbonyl (C=O) groups excluding carboxylic acids is 1. The second-order valence-electron chi connectivity index (χ2n) is 4.45. The van der Waals surface area contributed by atoms with Gasteiger partial charge in [-0.05, 0) is 65.1 Å². The van der Waals surface area contributed by atoms with Gasteiger partial charge in [0, 0.05) is 20.2 Å². The molecule has 2 aromatic carbocycles. The van der Waals surface area contributed by atoms with Crippen LogP contribution in [-0.4, -0.2) is 10.9 Å². The van der Waals surface area contributed by atoms with Crippen molar-refractivity contribution >= 4 is 56.7 Å². The minimum Gasteiger partial charge on any atom is -0.321 e. The largest absolute Gasteiger partial charge is 0.321 e. The minimum atomic E-state index is -0.160. The molecule has 0 aliphatic carbocycles. The molecule has 21 heavy (non-hydrogen) atoms. The van der Waals surface area contributed by atoms with Crippen molar-refractivity contribution in [3.63, 3.8) is 0 Å². The van der Waals surface area contributed by atoms with Crippen molar-refractivity contribution in [2.24, 2.45) is 0 Å². The van der Waals surface area contributed by atoms with Crippen LogP contribution in [0.4, 0.5) is 5.69 Å². The van der Waals surface area contributed by atoms with E-state index in [1.165, 1.54) is 0 Å². The summed E-state index contributed by atoms with van der Waals surface area (Å²) in [5.41, 5.74) is 2.19. The first-order valence-corrected chi connectivity index (χ1v) is 7.71. The van der Waals surface area contributed by atoms with Crippen molar-refractivity contribution < 1.29 is 4.79 Å². The van der Waals surface area contributed by atoms with Gasteiger partial charge in [0.2, 0.25) is 0 Å². The van der Waals surface area contributed by atoms with E-state index in [9.17, 15) is 4.79 Å². The van der Waals surface area contributed by atoms with Crippen LogP contribution >= 0.6 is 34.2 Å². The molecule has 1 aromatic heterocycles. The van der Waals surface area contributed by atoms with Gasteiger partial charge >= 0.3 is 0 Å². The average Bonchev–Trinajstić information content (AvgIpc) is 2.47. The summed E-state index contributed by atoms with van der Waals surface area (Å²) in [5, 5.41) is 4.46. The molecule has 3 nitrogen and oxygen atoms in total. The molecule has 1 N–H and O–H groups in total. The lowest BCUT2D eigenvalue weighted by atomic mass is 10.1. The van der Waals surface area contributed by atoms with E-state index in [-0.39, 0.29) is 5.91 Å². The Morgan fingerprint density at radius 2 is 2.00 bits per heavy atom. The standard InChI is InChI=1S/C16H10ClIN2O/c17-10-6-7-11(13(18)9-10)16(21)20-15-5-1-4-14-12(15)3-2-8-19-14/h1-9H,(H,20,21). The summed E-state index contributed by atoms with van der Waals surface area (Å²) in [7, 11) is 0. The summed E-state index contributed by atoms with van der Waals surface area (Å²) in [6, 6.07) is 14.6. The van der Waals surface area contributed by atoms with E-state index in [4.69, 9.17) is 11.6 Å². The van der Waals surface area contributed by atoms with Crippen LogP contribution in [0.25, 0.3) is 10.9 Å². The first-order valence-electron chi connectivity index (χ1n) is 6.25. The summed E-state index contributed by atoms with van der Waals surface area (Å²) in [6.45, 7) is 0. The van der Waals surface area contributed by atoms with Crippen molar-refractivity contribution in [2.75, 3.05) is 5.32 Å². The van der Waals surface area contributed by atoms with Crippen molar-refractivity contribution in [1.29, 1.82) is 0 Å². The minimum absolute atomic E-state index is 0.160. The lowest BCUT2D eigenvalue weighted by Gasteiger charge is -2.09. The van der Waals surface area contributed by atoms with Gasteiger partial charge in [0.15, 0.2) is 0 Å². The molecule has 5 heteroatoms. The Kier molecular flexibility index (Phi) is 4.07. The normalized spacial score (nSPS) is 10.6. The molecule has 0 atom stereocenters. The van der Waals surface area contributed by atoms with E-state index < -0.39 is 0 Å². The predicted molar refractivity (Wildman–Crippen MR) is 93.9 cm³/mol. The van der Waals surface area contributed by atoms with Crippen LogP contribution in [0, 0.1) is 3.57 Å². The second-order valence-corrected chi connectivity index (χ2v) is 6.05. The molecular formula is C16H10ClIN2O. The number of rotatable bonds is 2. The van der Waals surface area contributed by atoms with Crippen LogP contribution in [0.1, 0.15) is 10.4 Å². The number of anilines is 1. The van der Waals surface area contributed by atoms with Gasteiger partial charge in [0.1, 0.15) is 0 Å². The number of benzene rings is 2. The van der Waals surface area contributed by atoms with Crippen LogP contribution in [0.2, 0.25) is 5.02 Å². The first-order chi connectivity index (χ1) is 10.1. The number of nitrogens with zero attached hydrogens (tertiary/aromatic N) is 1. The highest BCUT2D eigenvalue weighted by atomic mass is 127. The van der Waals surface area contributed by atoms with E-state index in [2.05, 4.69) is 32.9 Å². The van der Waals surface area contributed by atoms with Gasteiger partial charge in [0.05, 0.1) is 16.8 Å². The Labute approximate surface area is 140 Å². The quantitative estimate of drug-likeness (QED) is 0.622. The van der Waals surface area contributed by atoms with Crippen LogP contribution in [0.15, 0.2) is 54.7 Å². The summed E-state index contributed by atoms with van der Waals surface area (Å²) in [4.78, 5) is 16.7. The highest BCUT2D eigenvalue weighted by Crippen LogP contribution is 2.23. The third kappa shape index (κ3) is 3.01. The summed E-state index contributed by atoms with van der Waals surface area (Å²) >= 11 is 8.02. The van der Waals surface area contributed by atoms with Gasteiger partial charge in [-0.2, -0.15) is 0 Å².